The van der Waals surface area contributed by atoms with E-state index in [0.717, 1.165) is 25.9 Å². The highest BCUT2D eigenvalue weighted by atomic mass is 32.1. The lowest BCUT2D eigenvalue weighted by atomic mass is 10.0. The maximum absolute atomic E-state index is 12.5. The van der Waals surface area contributed by atoms with Crippen molar-refractivity contribution in [3.63, 3.8) is 0 Å². The molecule has 1 aliphatic heterocycles. The molecule has 1 atom stereocenters. The van der Waals surface area contributed by atoms with Gasteiger partial charge in [-0.3, -0.25) is 19.3 Å². The lowest BCUT2D eigenvalue weighted by molar-refractivity contribution is -0.121. The molecule has 4 N–H and O–H groups in total. The van der Waals surface area contributed by atoms with E-state index in [1.54, 1.807) is 24.3 Å². The summed E-state index contributed by atoms with van der Waals surface area (Å²) >= 11 is 1.50. The highest BCUT2D eigenvalue weighted by molar-refractivity contribution is 7.08. The number of thiophene rings is 1. The molecule has 3 rings (SSSR count). The van der Waals surface area contributed by atoms with Crippen LogP contribution in [0.15, 0.2) is 41.1 Å². The maximum Gasteiger partial charge on any atom is 0.252 e. The first kappa shape index (κ1) is 20.0. The third kappa shape index (κ3) is 4.96. The predicted octanol–water partition coefficient (Wildman–Crippen LogP) is 2.07. The monoisotopic (exact) mass is 400 g/mol. The second kappa shape index (κ2) is 8.99. The van der Waals surface area contributed by atoms with Crippen LogP contribution in [-0.2, 0) is 4.79 Å². The number of rotatable bonds is 6. The van der Waals surface area contributed by atoms with Gasteiger partial charge in [-0.05, 0) is 55.5 Å². The van der Waals surface area contributed by atoms with E-state index in [9.17, 15) is 14.4 Å². The van der Waals surface area contributed by atoms with E-state index in [1.807, 2.05) is 23.8 Å². The largest absolute Gasteiger partial charge is 0.366 e. The highest BCUT2D eigenvalue weighted by Crippen LogP contribution is 2.16. The Morgan fingerprint density at radius 3 is 2.36 bits per heavy atom. The number of piperidine rings is 1. The van der Waals surface area contributed by atoms with Crippen LogP contribution in [0.5, 0.6) is 0 Å². The van der Waals surface area contributed by atoms with Gasteiger partial charge in [-0.1, -0.05) is 0 Å². The molecule has 0 saturated carbocycles. The molecular formula is C20H24N4O3S. The number of anilines is 1. The Hall–Kier alpha value is -2.71. The zero-order valence-corrected chi connectivity index (χ0v) is 16.5. The molecule has 1 fully saturated rings. The van der Waals surface area contributed by atoms with E-state index in [0.29, 0.717) is 16.8 Å². The number of carbonyl (C=O) groups excluding carboxylic acids is 3. The molecule has 0 spiro atoms. The number of carbonyl (C=O) groups is 3. The first-order valence-electron chi connectivity index (χ1n) is 9.22. The first-order chi connectivity index (χ1) is 13.4. The Bertz CT molecular complexity index is 828. The van der Waals surface area contributed by atoms with Gasteiger partial charge in [0.15, 0.2) is 0 Å². The summed E-state index contributed by atoms with van der Waals surface area (Å²) in [6.45, 7) is 3.35. The molecule has 0 aliphatic carbocycles. The van der Waals surface area contributed by atoms with Crippen LogP contribution in [0.2, 0.25) is 0 Å². The molecule has 1 aliphatic rings. The molecule has 0 bridgehead atoms. The summed E-state index contributed by atoms with van der Waals surface area (Å²) in [6.07, 6.45) is 1.61. The molecule has 2 heterocycles. The smallest absolute Gasteiger partial charge is 0.252 e. The van der Waals surface area contributed by atoms with Crippen molar-refractivity contribution in [1.29, 1.82) is 0 Å². The minimum Gasteiger partial charge on any atom is -0.366 e. The molecule has 7 nitrogen and oxygen atoms in total. The van der Waals surface area contributed by atoms with Crippen LogP contribution in [0, 0.1) is 0 Å². The summed E-state index contributed by atoms with van der Waals surface area (Å²) in [4.78, 5) is 37.9. The predicted molar refractivity (Wildman–Crippen MR) is 109 cm³/mol. The van der Waals surface area contributed by atoms with E-state index < -0.39 is 5.91 Å². The zero-order chi connectivity index (χ0) is 20.1. The lowest BCUT2D eigenvalue weighted by Gasteiger charge is -2.35. The van der Waals surface area contributed by atoms with Gasteiger partial charge in [0.1, 0.15) is 0 Å². The number of benzene rings is 1. The number of nitrogens with zero attached hydrogens (tertiary/aromatic N) is 1. The summed E-state index contributed by atoms with van der Waals surface area (Å²) in [7, 11) is 0. The molecule has 1 unspecified atom stereocenters. The summed E-state index contributed by atoms with van der Waals surface area (Å²) in [5, 5.41) is 9.66. The third-order valence-electron chi connectivity index (χ3n) is 5.01. The van der Waals surface area contributed by atoms with Crippen LogP contribution in [0.4, 0.5) is 5.69 Å². The van der Waals surface area contributed by atoms with Crippen LogP contribution in [0.1, 0.15) is 40.5 Å². The number of hydrogen-bond acceptors (Lipinski definition) is 5. The highest BCUT2D eigenvalue weighted by Gasteiger charge is 2.27. The van der Waals surface area contributed by atoms with Crippen LogP contribution in [0.3, 0.4) is 0 Å². The molecule has 8 heteroatoms. The topological polar surface area (TPSA) is 105 Å². The van der Waals surface area contributed by atoms with E-state index in [1.165, 1.54) is 11.3 Å². The van der Waals surface area contributed by atoms with Crippen LogP contribution < -0.4 is 16.4 Å². The van der Waals surface area contributed by atoms with Crippen molar-refractivity contribution < 1.29 is 14.4 Å². The Kier molecular flexibility index (Phi) is 6.43. The second-order valence-electron chi connectivity index (χ2n) is 6.90. The lowest BCUT2D eigenvalue weighted by Crippen LogP contribution is -2.50. The number of amides is 3. The molecule has 1 aromatic carbocycles. The van der Waals surface area contributed by atoms with Crippen LogP contribution >= 0.6 is 11.3 Å². The van der Waals surface area contributed by atoms with Crippen LogP contribution in [0.25, 0.3) is 0 Å². The molecule has 1 saturated heterocycles. The number of nitrogens with one attached hydrogen (secondary N) is 2. The van der Waals surface area contributed by atoms with E-state index in [-0.39, 0.29) is 23.9 Å². The normalized spacial score (nSPS) is 16.3. The van der Waals surface area contributed by atoms with Crippen LogP contribution in [-0.4, -0.2) is 47.8 Å². The van der Waals surface area contributed by atoms with Gasteiger partial charge in [0.25, 0.3) is 5.91 Å². The number of primary amides is 1. The van der Waals surface area contributed by atoms with Gasteiger partial charge >= 0.3 is 0 Å². The fourth-order valence-corrected chi connectivity index (χ4v) is 3.86. The van der Waals surface area contributed by atoms with Gasteiger partial charge in [-0.15, -0.1) is 0 Å². The van der Waals surface area contributed by atoms with E-state index >= 15 is 0 Å². The average Bonchev–Trinajstić information content (AvgIpc) is 3.23. The van der Waals surface area contributed by atoms with Crippen molar-refractivity contribution in [1.82, 2.24) is 10.2 Å². The fourth-order valence-electron chi connectivity index (χ4n) is 3.22. The third-order valence-corrected chi connectivity index (χ3v) is 5.70. The molecule has 2 aromatic rings. The Morgan fingerprint density at radius 2 is 1.79 bits per heavy atom. The van der Waals surface area contributed by atoms with Gasteiger partial charge in [0.05, 0.1) is 6.04 Å². The Morgan fingerprint density at radius 1 is 1.11 bits per heavy atom. The maximum atomic E-state index is 12.5. The summed E-state index contributed by atoms with van der Waals surface area (Å²) in [5.41, 5.74) is 6.94. The van der Waals surface area contributed by atoms with Gasteiger partial charge in [-0.25, -0.2) is 0 Å². The molecule has 28 heavy (non-hydrogen) atoms. The van der Waals surface area contributed by atoms with Crippen molar-refractivity contribution in [3.05, 3.63) is 52.2 Å². The Labute approximate surface area is 167 Å². The fraction of sp³-hybridized carbons (Fsp3) is 0.350. The number of nitrogens with two attached hydrogens (primary N) is 1. The summed E-state index contributed by atoms with van der Waals surface area (Å²) < 4.78 is 0. The van der Waals surface area contributed by atoms with Crippen molar-refractivity contribution in [2.24, 2.45) is 5.73 Å². The van der Waals surface area contributed by atoms with Gasteiger partial charge in [0.2, 0.25) is 11.8 Å². The van der Waals surface area contributed by atoms with Crippen molar-refractivity contribution in [3.8, 4) is 0 Å². The number of likely N-dealkylation sites (tertiary alicyclic amines) is 1. The second-order valence-corrected chi connectivity index (χ2v) is 7.68. The zero-order valence-electron chi connectivity index (χ0n) is 15.7. The molecule has 1 aromatic heterocycles. The molecule has 0 radical (unpaired) electrons. The quantitative estimate of drug-likeness (QED) is 0.690. The van der Waals surface area contributed by atoms with Gasteiger partial charge < -0.3 is 16.4 Å². The van der Waals surface area contributed by atoms with Crippen molar-refractivity contribution >= 4 is 34.7 Å². The molecule has 3 amide bonds. The van der Waals surface area contributed by atoms with Gasteiger partial charge in [-0.2, -0.15) is 11.3 Å². The SMILES string of the molecule is CC(C(=O)Nc1ccc(C(N)=O)cc1)N1CCC(NC(=O)c2ccsc2)CC1. The summed E-state index contributed by atoms with van der Waals surface area (Å²) in [6, 6.07) is 8.16. The standard InChI is InChI=1S/C20H24N4O3S/c1-13(19(26)22-16-4-2-14(3-5-16)18(21)25)24-9-6-17(7-10-24)23-20(27)15-8-11-28-12-15/h2-5,8,11-13,17H,6-7,9-10H2,1H3,(H2,21,25)(H,22,26)(H,23,27). The van der Waals surface area contributed by atoms with Crippen molar-refractivity contribution in [2.75, 3.05) is 18.4 Å². The minimum absolute atomic E-state index is 0.0371. The van der Waals surface area contributed by atoms with E-state index in [2.05, 4.69) is 15.5 Å². The van der Waals surface area contributed by atoms with Gasteiger partial charge in [0, 0.05) is 41.3 Å². The summed E-state index contributed by atoms with van der Waals surface area (Å²) in [5.74, 6) is -0.641. The molecular weight excluding hydrogens is 376 g/mol. The van der Waals surface area contributed by atoms with Crippen molar-refractivity contribution in [2.45, 2.75) is 31.8 Å². The minimum atomic E-state index is -0.500. The first-order valence-corrected chi connectivity index (χ1v) is 10.2. The molecule has 148 valence electrons. The Balaban J connectivity index is 1.47. The average molecular weight is 401 g/mol. The van der Waals surface area contributed by atoms with E-state index in [4.69, 9.17) is 5.73 Å². The number of hydrogen-bond donors (Lipinski definition) is 3.